The standard InChI is InChI=1S/C14H23N3/c1-9-4-5-12(6-10(9)2)14(15)13-8-16-11(3)7-17-13/h7-10,12,14H,4-6,15H2,1-3H3. The van der Waals surface area contributed by atoms with Crippen LogP contribution in [0.25, 0.3) is 0 Å². The molecule has 0 spiro atoms. The van der Waals surface area contributed by atoms with E-state index in [4.69, 9.17) is 5.73 Å². The van der Waals surface area contributed by atoms with Crippen LogP contribution in [-0.4, -0.2) is 9.97 Å². The second kappa shape index (κ2) is 5.13. The number of aromatic nitrogens is 2. The van der Waals surface area contributed by atoms with Crippen molar-refractivity contribution in [3.63, 3.8) is 0 Å². The van der Waals surface area contributed by atoms with Crippen molar-refractivity contribution < 1.29 is 0 Å². The number of hydrogen-bond acceptors (Lipinski definition) is 3. The van der Waals surface area contributed by atoms with Gasteiger partial charge in [0.2, 0.25) is 0 Å². The van der Waals surface area contributed by atoms with E-state index in [2.05, 4.69) is 23.8 Å². The largest absolute Gasteiger partial charge is 0.322 e. The van der Waals surface area contributed by atoms with Crippen molar-refractivity contribution in [3.8, 4) is 0 Å². The lowest BCUT2D eigenvalue weighted by Gasteiger charge is -2.34. The summed E-state index contributed by atoms with van der Waals surface area (Å²) in [6, 6.07) is 0.0537. The summed E-state index contributed by atoms with van der Waals surface area (Å²) in [6.07, 6.45) is 7.38. The molecule has 3 nitrogen and oxygen atoms in total. The minimum absolute atomic E-state index is 0.0537. The molecule has 0 bridgehead atoms. The van der Waals surface area contributed by atoms with Crippen molar-refractivity contribution >= 4 is 0 Å². The predicted molar refractivity (Wildman–Crippen MR) is 69.4 cm³/mol. The molecule has 94 valence electrons. The molecule has 0 aliphatic heterocycles. The third-order valence-corrected chi connectivity index (χ3v) is 4.29. The molecule has 2 N–H and O–H groups in total. The van der Waals surface area contributed by atoms with E-state index in [1.165, 1.54) is 19.3 Å². The molecule has 0 saturated heterocycles. The second-order valence-corrected chi connectivity index (χ2v) is 5.64. The molecule has 17 heavy (non-hydrogen) atoms. The highest BCUT2D eigenvalue weighted by Gasteiger charge is 2.29. The van der Waals surface area contributed by atoms with E-state index in [0.29, 0.717) is 5.92 Å². The highest BCUT2D eigenvalue weighted by atomic mass is 14.8. The average molecular weight is 233 g/mol. The van der Waals surface area contributed by atoms with Gasteiger partial charge in [-0.1, -0.05) is 20.3 Å². The van der Waals surface area contributed by atoms with Crippen LogP contribution in [0.3, 0.4) is 0 Å². The maximum Gasteiger partial charge on any atom is 0.0756 e. The van der Waals surface area contributed by atoms with Crippen LogP contribution in [0.2, 0.25) is 0 Å². The first-order chi connectivity index (χ1) is 8.08. The van der Waals surface area contributed by atoms with Gasteiger partial charge in [-0.25, -0.2) is 0 Å². The maximum atomic E-state index is 6.32. The Hall–Kier alpha value is -0.960. The van der Waals surface area contributed by atoms with Gasteiger partial charge in [0.05, 0.1) is 23.6 Å². The lowest BCUT2D eigenvalue weighted by molar-refractivity contribution is 0.184. The van der Waals surface area contributed by atoms with Crippen LogP contribution in [-0.2, 0) is 0 Å². The Morgan fingerprint density at radius 2 is 1.94 bits per heavy atom. The minimum atomic E-state index is 0.0537. The van der Waals surface area contributed by atoms with Crippen molar-refractivity contribution in [2.75, 3.05) is 0 Å². The van der Waals surface area contributed by atoms with E-state index < -0.39 is 0 Å². The number of nitrogens with zero attached hydrogens (tertiary/aromatic N) is 2. The topological polar surface area (TPSA) is 51.8 Å². The van der Waals surface area contributed by atoms with Gasteiger partial charge >= 0.3 is 0 Å². The van der Waals surface area contributed by atoms with E-state index in [-0.39, 0.29) is 6.04 Å². The number of hydrogen-bond donors (Lipinski definition) is 1. The zero-order chi connectivity index (χ0) is 12.4. The highest BCUT2D eigenvalue weighted by Crippen LogP contribution is 2.38. The first-order valence-electron chi connectivity index (χ1n) is 6.62. The first-order valence-corrected chi connectivity index (χ1v) is 6.62. The fraction of sp³-hybridized carbons (Fsp3) is 0.714. The van der Waals surface area contributed by atoms with Gasteiger partial charge in [0.15, 0.2) is 0 Å². The molecule has 1 aliphatic rings. The Kier molecular flexibility index (Phi) is 3.77. The predicted octanol–water partition coefficient (Wildman–Crippen LogP) is 2.86. The van der Waals surface area contributed by atoms with E-state index in [1.54, 1.807) is 0 Å². The van der Waals surface area contributed by atoms with E-state index in [1.807, 2.05) is 19.3 Å². The van der Waals surface area contributed by atoms with Gasteiger partial charge in [-0.05, 0) is 37.5 Å². The highest BCUT2D eigenvalue weighted by molar-refractivity contribution is 5.07. The minimum Gasteiger partial charge on any atom is -0.322 e. The Morgan fingerprint density at radius 1 is 1.18 bits per heavy atom. The van der Waals surface area contributed by atoms with Gasteiger partial charge in [-0.15, -0.1) is 0 Å². The summed E-state index contributed by atoms with van der Waals surface area (Å²) in [7, 11) is 0. The van der Waals surface area contributed by atoms with Gasteiger partial charge in [0, 0.05) is 6.20 Å². The molecule has 1 aromatic rings. The lowest BCUT2D eigenvalue weighted by atomic mass is 9.73. The Morgan fingerprint density at radius 3 is 2.53 bits per heavy atom. The summed E-state index contributed by atoms with van der Waals surface area (Å²) in [5.41, 5.74) is 8.22. The van der Waals surface area contributed by atoms with Crippen LogP contribution in [0.1, 0.15) is 50.5 Å². The molecular formula is C14H23N3. The van der Waals surface area contributed by atoms with Crippen LogP contribution in [0.4, 0.5) is 0 Å². The molecule has 1 heterocycles. The summed E-state index contributed by atoms with van der Waals surface area (Å²) in [5, 5.41) is 0. The monoisotopic (exact) mass is 233 g/mol. The van der Waals surface area contributed by atoms with Gasteiger partial charge in [0.1, 0.15) is 0 Å². The van der Waals surface area contributed by atoms with E-state index >= 15 is 0 Å². The molecule has 3 heteroatoms. The van der Waals surface area contributed by atoms with Crippen molar-refractivity contribution in [1.82, 2.24) is 9.97 Å². The molecule has 0 amide bonds. The smallest absolute Gasteiger partial charge is 0.0756 e. The SMILES string of the molecule is Cc1cnc(C(N)C2CCC(C)C(C)C2)cn1. The fourth-order valence-corrected chi connectivity index (χ4v) is 2.73. The van der Waals surface area contributed by atoms with Crippen LogP contribution in [0, 0.1) is 24.7 Å². The molecule has 0 aromatic carbocycles. The fourth-order valence-electron chi connectivity index (χ4n) is 2.73. The Labute approximate surface area is 104 Å². The number of aryl methyl sites for hydroxylation is 1. The Balaban J connectivity index is 2.05. The summed E-state index contributed by atoms with van der Waals surface area (Å²) in [6.45, 7) is 6.63. The molecule has 1 fully saturated rings. The maximum absolute atomic E-state index is 6.32. The molecular weight excluding hydrogens is 210 g/mol. The summed E-state index contributed by atoms with van der Waals surface area (Å²) in [4.78, 5) is 8.70. The van der Waals surface area contributed by atoms with Gasteiger partial charge in [0.25, 0.3) is 0 Å². The van der Waals surface area contributed by atoms with Crippen molar-refractivity contribution in [2.45, 2.75) is 46.1 Å². The quantitative estimate of drug-likeness (QED) is 0.854. The third kappa shape index (κ3) is 2.83. The average Bonchev–Trinajstić information content (AvgIpc) is 2.33. The second-order valence-electron chi connectivity index (χ2n) is 5.64. The third-order valence-electron chi connectivity index (χ3n) is 4.29. The van der Waals surface area contributed by atoms with Crippen LogP contribution >= 0.6 is 0 Å². The van der Waals surface area contributed by atoms with Crippen LogP contribution in [0.15, 0.2) is 12.4 Å². The van der Waals surface area contributed by atoms with E-state index in [0.717, 1.165) is 23.2 Å². The van der Waals surface area contributed by atoms with Gasteiger partial charge in [-0.3, -0.25) is 9.97 Å². The zero-order valence-electron chi connectivity index (χ0n) is 11.1. The summed E-state index contributed by atoms with van der Waals surface area (Å²) >= 11 is 0. The molecule has 2 rings (SSSR count). The Bertz CT molecular complexity index is 360. The van der Waals surface area contributed by atoms with Gasteiger partial charge < -0.3 is 5.73 Å². The molecule has 1 aromatic heterocycles. The number of nitrogens with two attached hydrogens (primary N) is 1. The lowest BCUT2D eigenvalue weighted by Crippen LogP contribution is -2.30. The zero-order valence-corrected chi connectivity index (χ0v) is 11.1. The summed E-state index contributed by atoms with van der Waals surface area (Å²) in [5.74, 6) is 2.18. The van der Waals surface area contributed by atoms with Gasteiger partial charge in [-0.2, -0.15) is 0 Å². The normalized spacial score (nSPS) is 31.2. The van der Waals surface area contributed by atoms with Crippen LogP contribution in [0.5, 0.6) is 0 Å². The van der Waals surface area contributed by atoms with Crippen LogP contribution < -0.4 is 5.73 Å². The first kappa shape index (κ1) is 12.5. The number of rotatable bonds is 2. The van der Waals surface area contributed by atoms with E-state index in [9.17, 15) is 0 Å². The molecule has 0 radical (unpaired) electrons. The molecule has 1 aliphatic carbocycles. The molecule has 1 saturated carbocycles. The van der Waals surface area contributed by atoms with Crippen molar-refractivity contribution in [3.05, 3.63) is 23.8 Å². The molecule has 4 atom stereocenters. The van der Waals surface area contributed by atoms with Crippen molar-refractivity contribution in [1.29, 1.82) is 0 Å². The van der Waals surface area contributed by atoms with Crippen molar-refractivity contribution in [2.24, 2.45) is 23.5 Å². The summed E-state index contributed by atoms with van der Waals surface area (Å²) < 4.78 is 0. The molecule has 4 unspecified atom stereocenters.